The summed E-state index contributed by atoms with van der Waals surface area (Å²) in [5.74, 6) is -0.647. The van der Waals surface area contributed by atoms with Crippen LogP contribution in [0, 0.1) is 5.92 Å². The first-order valence-corrected chi connectivity index (χ1v) is 10.7. The van der Waals surface area contributed by atoms with E-state index >= 15 is 0 Å². The normalized spacial score (nSPS) is 13.8. The van der Waals surface area contributed by atoms with Crippen molar-refractivity contribution < 1.29 is 18.0 Å². The second kappa shape index (κ2) is 8.53. The minimum atomic E-state index is -3.67. The van der Waals surface area contributed by atoms with Gasteiger partial charge in [-0.3, -0.25) is 20.4 Å². The maximum atomic E-state index is 12.3. The van der Waals surface area contributed by atoms with Crippen LogP contribution in [0.25, 0.3) is 0 Å². The van der Waals surface area contributed by atoms with E-state index < -0.39 is 21.8 Å². The molecule has 1 aliphatic carbocycles. The Hall–Kier alpha value is -2.71. The van der Waals surface area contributed by atoms with E-state index in [0.29, 0.717) is 18.0 Å². The fraction of sp³-hybridized carbons (Fsp3) is 0.300. The number of aryl methyl sites for hydroxylation is 1. The number of hydrogen-bond acceptors (Lipinski definition) is 4. The smallest absolute Gasteiger partial charge is 0.267 e. The monoisotopic (exact) mass is 401 g/mol. The van der Waals surface area contributed by atoms with E-state index in [4.69, 9.17) is 0 Å². The van der Waals surface area contributed by atoms with Crippen LogP contribution in [-0.4, -0.2) is 26.8 Å². The number of carbonyl (C=O) groups excluding carboxylic acids is 2. The van der Waals surface area contributed by atoms with Gasteiger partial charge in [-0.05, 0) is 61.1 Å². The highest BCUT2D eigenvalue weighted by molar-refractivity contribution is 7.89. The van der Waals surface area contributed by atoms with Gasteiger partial charge in [-0.15, -0.1) is 0 Å². The first-order valence-electron chi connectivity index (χ1n) is 9.18. The third-order valence-electron chi connectivity index (χ3n) is 4.58. The minimum absolute atomic E-state index is 0.0160. The summed E-state index contributed by atoms with van der Waals surface area (Å²) in [5.41, 5.74) is 6.30. The van der Waals surface area contributed by atoms with Crippen LogP contribution in [-0.2, 0) is 16.4 Å². The van der Waals surface area contributed by atoms with Crippen LogP contribution in [0.15, 0.2) is 53.4 Å². The Morgan fingerprint density at radius 2 is 1.61 bits per heavy atom. The number of sulfonamides is 1. The summed E-state index contributed by atoms with van der Waals surface area (Å²) in [6.45, 7) is 2.43. The first-order chi connectivity index (χ1) is 13.4. The molecule has 2 aromatic rings. The molecule has 28 heavy (non-hydrogen) atoms. The van der Waals surface area contributed by atoms with E-state index in [-0.39, 0.29) is 10.5 Å². The highest BCUT2D eigenvalue weighted by Gasteiger charge is 2.24. The van der Waals surface area contributed by atoms with Crippen molar-refractivity contribution in [3.8, 4) is 0 Å². The molecule has 1 aliphatic rings. The van der Waals surface area contributed by atoms with Crippen molar-refractivity contribution in [2.45, 2.75) is 31.1 Å². The second-order valence-electron chi connectivity index (χ2n) is 6.78. The van der Waals surface area contributed by atoms with Crippen molar-refractivity contribution in [1.82, 2.24) is 15.6 Å². The standard InChI is InChI=1S/C20H23N3O4S/c1-2-14-8-10-16(11-9-14)19(24)22-23-20(25)17-4-3-5-18(12-17)28(26,27)21-13-15-6-7-15/h3-5,8-12,15,21H,2,6-7,13H2,1H3,(H,22,24)(H,23,25). The summed E-state index contributed by atoms with van der Waals surface area (Å²) in [6, 6.07) is 12.7. The van der Waals surface area contributed by atoms with Gasteiger partial charge in [-0.25, -0.2) is 13.1 Å². The van der Waals surface area contributed by atoms with Gasteiger partial charge in [-0.2, -0.15) is 0 Å². The number of nitrogens with one attached hydrogen (secondary N) is 3. The van der Waals surface area contributed by atoms with Crippen LogP contribution in [0.2, 0.25) is 0 Å². The number of rotatable bonds is 7. The third-order valence-corrected chi connectivity index (χ3v) is 6.00. The Morgan fingerprint density at radius 1 is 0.964 bits per heavy atom. The molecule has 0 saturated heterocycles. The summed E-state index contributed by atoms with van der Waals surface area (Å²) in [5, 5.41) is 0. The van der Waals surface area contributed by atoms with Crippen molar-refractivity contribution in [3.63, 3.8) is 0 Å². The van der Waals surface area contributed by atoms with Crippen LogP contribution in [0.4, 0.5) is 0 Å². The van der Waals surface area contributed by atoms with Gasteiger partial charge in [0.05, 0.1) is 4.90 Å². The van der Waals surface area contributed by atoms with E-state index in [2.05, 4.69) is 15.6 Å². The van der Waals surface area contributed by atoms with Gasteiger partial charge >= 0.3 is 0 Å². The summed E-state index contributed by atoms with van der Waals surface area (Å²) in [6.07, 6.45) is 2.94. The van der Waals surface area contributed by atoms with Crippen LogP contribution in [0.1, 0.15) is 46.0 Å². The van der Waals surface area contributed by atoms with Crippen molar-refractivity contribution in [2.75, 3.05) is 6.54 Å². The van der Waals surface area contributed by atoms with Crippen LogP contribution in [0.5, 0.6) is 0 Å². The molecule has 0 bridgehead atoms. The average molecular weight is 401 g/mol. The maximum absolute atomic E-state index is 12.3. The van der Waals surface area contributed by atoms with Crippen molar-refractivity contribution in [3.05, 3.63) is 65.2 Å². The summed E-state index contributed by atoms with van der Waals surface area (Å²) >= 11 is 0. The lowest BCUT2D eigenvalue weighted by Gasteiger charge is -2.10. The molecule has 1 saturated carbocycles. The number of amides is 2. The van der Waals surface area contributed by atoms with Crippen LogP contribution >= 0.6 is 0 Å². The number of hydrazine groups is 1. The first kappa shape index (κ1) is 20.0. The molecule has 8 heteroatoms. The molecular formula is C20H23N3O4S. The molecule has 3 N–H and O–H groups in total. The molecule has 2 aromatic carbocycles. The molecule has 0 aliphatic heterocycles. The third kappa shape index (κ3) is 5.17. The minimum Gasteiger partial charge on any atom is -0.267 e. The fourth-order valence-corrected chi connectivity index (χ4v) is 3.75. The Labute approximate surface area is 164 Å². The van der Waals surface area contributed by atoms with E-state index in [0.717, 1.165) is 24.8 Å². The summed E-state index contributed by atoms with van der Waals surface area (Å²) < 4.78 is 27.2. The second-order valence-corrected chi connectivity index (χ2v) is 8.55. The van der Waals surface area contributed by atoms with Gasteiger partial charge in [-0.1, -0.05) is 25.1 Å². The van der Waals surface area contributed by atoms with Gasteiger partial charge in [0, 0.05) is 17.7 Å². The van der Waals surface area contributed by atoms with E-state index in [1.165, 1.54) is 24.3 Å². The quantitative estimate of drug-likeness (QED) is 0.617. The lowest BCUT2D eigenvalue weighted by molar-refractivity contribution is 0.0846. The van der Waals surface area contributed by atoms with E-state index in [9.17, 15) is 18.0 Å². The maximum Gasteiger partial charge on any atom is 0.269 e. The lowest BCUT2D eigenvalue weighted by Crippen LogP contribution is -2.41. The predicted octanol–water partition coefficient (Wildman–Crippen LogP) is 2.01. The van der Waals surface area contributed by atoms with Crippen molar-refractivity contribution in [2.24, 2.45) is 5.92 Å². The molecule has 0 heterocycles. The topological polar surface area (TPSA) is 104 Å². The summed E-state index contributed by atoms with van der Waals surface area (Å²) in [4.78, 5) is 24.4. The molecule has 0 atom stereocenters. The molecule has 0 spiro atoms. The molecule has 3 rings (SSSR count). The van der Waals surface area contributed by atoms with Gasteiger partial charge < -0.3 is 0 Å². The Morgan fingerprint density at radius 3 is 2.21 bits per heavy atom. The highest BCUT2D eigenvalue weighted by Crippen LogP contribution is 2.28. The van der Waals surface area contributed by atoms with Gasteiger partial charge in [0.25, 0.3) is 11.8 Å². The molecule has 0 radical (unpaired) electrons. The van der Waals surface area contributed by atoms with E-state index in [1.54, 1.807) is 12.1 Å². The summed E-state index contributed by atoms with van der Waals surface area (Å²) in [7, 11) is -3.67. The number of hydrogen-bond donors (Lipinski definition) is 3. The largest absolute Gasteiger partial charge is 0.269 e. The van der Waals surface area contributed by atoms with E-state index in [1.807, 2.05) is 19.1 Å². The molecule has 1 fully saturated rings. The van der Waals surface area contributed by atoms with Crippen molar-refractivity contribution >= 4 is 21.8 Å². The highest BCUT2D eigenvalue weighted by atomic mass is 32.2. The van der Waals surface area contributed by atoms with Crippen LogP contribution in [0.3, 0.4) is 0 Å². The Bertz CT molecular complexity index is 967. The molecular weight excluding hydrogens is 378 g/mol. The lowest BCUT2D eigenvalue weighted by atomic mass is 10.1. The fourth-order valence-electron chi connectivity index (χ4n) is 2.59. The zero-order chi connectivity index (χ0) is 20.1. The average Bonchev–Trinajstić information content (AvgIpc) is 3.55. The van der Waals surface area contributed by atoms with Gasteiger partial charge in [0.1, 0.15) is 0 Å². The van der Waals surface area contributed by atoms with Crippen LogP contribution < -0.4 is 15.6 Å². The Kier molecular flexibility index (Phi) is 6.11. The number of benzene rings is 2. The zero-order valence-electron chi connectivity index (χ0n) is 15.6. The Balaban J connectivity index is 1.61. The molecule has 148 valence electrons. The predicted molar refractivity (Wildman–Crippen MR) is 105 cm³/mol. The SMILES string of the molecule is CCc1ccc(C(=O)NNC(=O)c2cccc(S(=O)(=O)NCC3CC3)c2)cc1. The molecule has 7 nitrogen and oxygen atoms in total. The molecule has 2 amide bonds. The van der Waals surface area contributed by atoms with Gasteiger partial charge in [0.2, 0.25) is 10.0 Å². The molecule has 0 aromatic heterocycles. The zero-order valence-corrected chi connectivity index (χ0v) is 16.4. The van der Waals surface area contributed by atoms with Gasteiger partial charge in [0.15, 0.2) is 0 Å². The molecule has 0 unspecified atom stereocenters. The number of carbonyl (C=O) groups is 2. The van der Waals surface area contributed by atoms with Crippen molar-refractivity contribution in [1.29, 1.82) is 0 Å².